The Kier molecular flexibility index (Phi) is 21.0. The molecule has 0 bridgehead atoms. The maximum Gasteiger partial charge on any atom is 0.0664 e. The summed E-state index contributed by atoms with van der Waals surface area (Å²) in [6.45, 7) is 13.3. The van der Waals surface area contributed by atoms with Gasteiger partial charge in [0.1, 0.15) is 0 Å². The van der Waals surface area contributed by atoms with Gasteiger partial charge in [-0.2, -0.15) is 0 Å². The van der Waals surface area contributed by atoms with Crippen LogP contribution in [0.1, 0.15) is 72.6 Å². The lowest BCUT2D eigenvalue weighted by Gasteiger charge is -2.16. The molecule has 0 fully saturated rings. The highest BCUT2D eigenvalue weighted by Crippen LogP contribution is 2.11. The second-order valence-corrected chi connectivity index (χ2v) is 9.83. The number of aliphatic hydroxyl groups excluding tert-OH is 4. The summed E-state index contributed by atoms with van der Waals surface area (Å²) < 4.78 is 0. The van der Waals surface area contributed by atoms with E-state index in [2.05, 4.69) is 49.0 Å². The van der Waals surface area contributed by atoms with Crippen molar-refractivity contribution in [2.45, 2.75) is 103 Å². The van der Waals surface area contributed by atoms with E-state index in [0.717, 1.165) is 51.9 Å². The minimum atomic E-state index is -0.409. The number of nitrogens with one attached hydrogen (secondary N) is 4. The van der Waals surface area contributed by atoms with E-state index in [-0.39, 0.29) is 18.3 Å². The predicted octanol–water partition coefficient (Wildman–Crippen LogP) is 0.584. The van der Waals surface area contributed by atoms with Crippen LogP contribution in [0.2, 0.25) is 0 Å². The molecule has 8 N–H and O–H groups in total. The standard InChI is InChI=1S/C24H54N4O4/c1-19(2)15-21(29)7-5-8-22(30)16-25-11-12-26-17-23(31)9-6-10-24(32)18-27-13-14-28-20(3)4/h19-32H,5-18H2,1-4H3. The molecule has 0 aromatic carbocycles. The monoisotopic (exact) mass is 462 g/mol. The van der Waals surface area contributed by atoms with Gasteiger partial charge in [-0.05, 0) is 50.9 Å². The summed E-state index contributed by atoms with van der Waals surface area (Å²) in [7, 11) is 0. The average molecular weight is 463 g/mol. The fourth-order valence-corrected chi connectivity index (χ4v) is 3.58. The molecule has 4 unspecified atom stereocenters. The van der Waals surface area contributed by atoms with E-state index in [4.69, 9.17) is 0 Å². The fourth-order valence-electron chi connectivity index (χ4n) is 3.58. The Labute approximate surface area is 197 Å². The summed E-state index contributed by atoms with van der Waals surface area (Å²) in [5, 5.41) is 52.9. The summed E-state index contributed by atoms with van der Waals surface area (Å²) >= 11 is 0. The molecule has 0 aliphatic rings. The van der Waals surface area contributed by atoms with Gasteiger partial charge in [0.2, 0.25) is 0 Å². The topological polar surface area (TPSA) is 129 Å². The molecule has 194 valence electrons. The average Bonchev–Trinajstić information content (AvgIpc) is 2.69. The lowest BCUT2D eigenvalue weighted by Crippen LogP contribution is -2.36. The van der Waals surface area contributed by atoms with Gasteiger partial charge in [0, 0.05) is 51.9 Å². The molecule has 0 aliphatic carbocycles. The normalized spacial score (nSPS) is 15.9. The smallest absolute Gasteiger partial charge is 0.0664 e. The van der Waals surface area contributed by atoms with Crippen molar-refractivity contribution in [2.24, 2.45) is 5.92 Å². The first-order chi connectivity index (χ1) is 15.2. The highest BCUT2D eigenvalue weighted by Gasteiger charge is 2.10. The molecule has 0 heterocycles. The first-order valence-corrected chi connectivity index (χ1v) is 12.8. The zero-order valence-electron chi connectivity index (χ0n) is 21.2. The Morgan fingerprint density at radius 1 is 0.531 bits per heavy atom. The van der Waals surface area contributed by atoms with Crippen LogP contribution in [-0.4, -0.2) is 96.7 Å². The van der Waals surface area contributed by atoms with E-state index in [1.807, 2.05) is 0 Å². The first-order valence-electron chi connectivity index (χ1n) is 12.8. The Morgan fingerprint density at radius 2 is 0.906 bits per heavy atom. The highest BCUT2D eigenvalue weighted by atomic mass is 16.3. The Morgan fingerprint density at radius 3 is 1.28 bits per heavy atom. The van der Waals surface area contributed by atoms with Crippen molar-refractivity contribution in [2.75, 3.05) is 45.8 Å². The van der Waals surface area contributed by atoms with Gasteiger partial charge >= 0.3 is 0 Å². The quantitative estimate of drug-likeness (QED) is 0.104. The second kappa shape index (κ2) is 21.2. The number of hydrogen-bond acceptors (Lipinski definition) is 8. The SMILES string of the molecule is CC(C)CC(O)CCCC(O)CNCCNCC(O)CCCC(O)CNCCNC(C)C. The van der Waals surface area contributed by atoms with Crippen LogP contribution in [0.5, 0.6) is 0 Å². The zero-order chi connectivity index (χ0) is 24.2. The molecule has 4 atom stereocenters. The second-order valence-electron chi connectivity index (χ2n) is 9.83. The third kappa shape index (κ3) is 22.9. The van der Waals surface area contributed by atoms with Crippen molar-refractivity contribution in [3.63, 3.8) is 0 Å². The zero-order valence-corrected chi connectivity index (χ0v) is 21.2. The van der Waals surface area contributed by atoms with Gasteiger partial charge in [-0.1, -0.05) is 27.7 Å². The summed E-state index contributed by atoms with van der Waals surface area (Å²) in [4.78, 5) is 0. The molecule has 0 aliphatic heterocycles. The molecule has 0 amide bonds. The molecule has 0 saturated heterocycles. The Hall–Kier alpha value is -0.320. The molecule has 32 heavy (non-hydrogen) atoms. The van der Waals surface area contributed by atoms with E-state index in [1.165, 1.54) is 0 Å². The summed E-state index contributed by atoms with van der Waals surface area (Å²) in [6.07, 6.45) is 3.83. The fraction of sp³-hybridized carbons (Fsp3) is 1.00. The van der Waals surface area contributed by atoms with Crippen LogP contribution in [0.4, 0.5) is 0 Å². The minimum Gasteiger partial charge on any atom is -0.393 e. The maximum atomic E-state index is 10.1. The van der Waals surface area contributed by atoms with Crippen LogP contribution in [0, 0.1) is 5.92 Å². The summed E-state index contributed by atoms with van der Waals surface area (Å²) in [6, 6.07) is 0.476. The molecular weight excluding hydrogens is 408 g/mol. The molecule has 0 aromatic rings. The van der Waals surface area contributed by atoms with Crippen molar-refractivity contribution in [1.29, 1.82) is 0 Å². The van der Waals surface area contributed by atoms with Crippen molar-refractivity contribution in [3.8, 4) is 0 Å². The first kappa shape index (κ1) is 31.7. The van der Waals surface area contributed by atoms with E-state index in [9.17, 15) is 20.4 Å². The van der Waals surface area contributed by atoms with E-state index in [0.29, 0.717) is 50.9 Å². The van der Waals surface area contributed by atoms with E-state index < -0.39 is 6.10 Å². The third-order valence-corrected chi connectivity index (χ3v) is 5.37. The third-order valence-electron chi connectivity index (χ3n) is 5.37. The molecule has 0 saturated carbocycles. The van der Waals surface area contributed by atoms with Gasteiger partial charge in [-0.25, -0.2) is 0 Å². The molecule has 0 spiro atoms. The number of rotatable bonds is 23. The number of aliphatic hydroxyl groups is 4. The minimum absolute atomic E-state index is 0.261. The van der Waals surface area contributed by atoms with Gasteiger partial charge in [-0.15, -0.1) is 0 Å². The molecular formula is C24H54N4O4. The molecule has 0 rings (SSSR count). The predicted molar refractivity (Wildman–Crippen MR) is 133 cm³/mol. The molecule has 8 heteroatoms. The van der Waals surface area contributed by atoms with E-state index >= 15 is 0 Å². The van der Waals surface area contributed by atoms with Crippen LogP contribution in [0.15, 0.2) is 0 Å². The van der Waals surface area contributed by atoms with Crippen molar-refractivity contribution in [1.82, 2.24) is 21.3 Å². The Balaban J connectivity index is 3.47. The molecule has 8 nitrogen and oxygen atoms in total. The van der Waals surface area contributed by atoms with Crippen LogP contribution >= 0.6 is 0 Å². The van der Waals surface area contributed by atoms with Crippen molar-refractivity contribution < 1.29 is 20.4 Å². The molecule has 0 radical (unpaired) electrons. The van der Waals surface area contributed by atoms with Crippen molar-refractivity contribution in [3.05, 3.63) is 0 Å². The van der Waals surface area contributed by atoms with Crippen LogP contribution in [0.3, 0.4) is 0 Å². The number of hydrogen-bond donors (Lipinski definition) is 8. The van der Waals surface area contributed by atoms with Gasteiger partial charge in [0.15, 0.2) is 0 Å². The lowest BCUT2D eigenvalue weighted by molar-refractivity contribution is 0.119. The van der Waals surface area contributed by atoms with Gasteiger partial charge in [0.25, 0.3) is 0 Å². The summed E-state index contributed by atoms with van der Waals surface area (Å²) in [5.74, 6) is 0.499. The van der Waals surface area contributed by atoms with Gasteiger partial charge in [-0.3, -0.25) is 0 Å². The van der Waals surface area contributed by atoms with Crippen LogP contribution in [0.25, 0.3) is 0 Å². The van der Waals surface area contributed by atoms with Gasteiger partial charge < -0.3 is 41.7 Å². The largest absolute Gasteiger partial charge is 0.393 e. The molecule has 0 aromatic heterocycles. The maximum absolute atomic E-state index is 10.1. The lowest BCUT2D eigenvalue weighted by atomic mass is 10.0. The highest BCUT2D eigenvalue weighted by molar-refractivity contribution is 4.67. The van der Waals surface area contributed by atoms with Gasteiger partial charge in [0.05, 0.1) is 24.4 Å². The van der Waals surface area contributed by atoms with Crippen LogP contribution < -0.4 is 21.3 Å². The Bertz CT molecular complexity index is 402. The van der Waals surface area contributed by atoms with E-state index in [1.54, 1.807) is 0 Å². The summed E-state index contributed by atoms with van der Waals surface area (Å²) in [5.41, 5.74) is 0. The van der Waals surface area contributed by atoms with Crippen LogP contribution in [-0.2, 0) is 0 Å². The van der Waals surface area contributed by atoms with Crippen molar-refractivity contribution >= 4 is 0 Å².